The molecule has 1 saturated heterocycles. The Morgan fingerprint density at radius 1 is 1.34 bits per heavy atom. The number of amides is 2. The molecular formula is C24H32N6O4S. The van der Waals surface area contributed by atoms with Gasteiger partial charge in [-0.3, -0.25) is 10.1 Å². The van der Waals surface area contributed by atoms with Crippen LogP contribution in [0.5, 0.6) is 0 Å². The Bertz CT molecular complexity index is 1150. The van der Waals surface area contributed by atoms with Gasteiger partial charge in [0.05, 0.1) is 40.8 Å². The summed E-state index contributed by atoms with van der Waals surface area (Å²) >= 11 is 1.55. The molecular weight excluding hydrogens is 468 g/mol. The van der Waals surface area contributed by atoms with Crippen LogP contribution < -0.4 is 20.9 Å². The lowest BCUT2D eigenvalue weighted by atomic mass is 9.68. The lowest BCUT2D eigenvalue weighted by molar-refractivity contribution is -0.162. The summed E-state index contributed by atoms with van der Waals surface area (Å²) in [5, 5.41) is 9.31. The number of methoxy groups -OCH3 is 1. The SMILES string of the molecule is CCNC(=O)NC1(C2CNCCC2(C)C(=O)OCC)N=C(OC)C=CN1c1ccc2scnc2c1. The van der Waals surface area contributed by atoms with Gasteiger partial charge in [-0.1, -0.05) is 0 Å². The van der Waals surface area contributed by atoms with Gasteiger partial charge in [-0.05, 0) is 51.9 Å². The highest BCUT2D eigenvalue weighted by Gasteiger charge is 2.59. The number of hydrogen-bond donors (Lipinski definition) is 3. The molecule has 0 saturated carbocycles. The van der Waals surface area contributed by atoms with Gasteiger partial charge in [0, 0.05) is 31.1 Å². The number of aliphatic imine (C=N–C) groups is 1. The molecule has 4 rings (SSSR count). The number of benzene rings is 1. The molecule has 11 heteroatoms. The highest BCUT2D eigenvalue weighted by atomic mass is 32.1. The molecule has 1 fully saturated rings. The van der Waals surface area contributed by atoms with Crippen molar-refractivity contribution in [1.29, 1.82) is 0 Å². The van der Waals surface area contributed by atoms with Gasteiger partial charge in [-0.15, -0.1) is 11.3 Å². The molecule has 2 aliphatic rings. The maximum absolute atomic E-state index is 13.4. The van der Waals surface area contributed by atoms with E-state index in [1.807, 2.05) is 43.1 Å². The average Bonchev–Trinajstić information content (AvgIpc) is 3.32. The second-order valence-corrected chi connectivity index (χ2v) is 9.59. The van der Waals surface area contributed by atoms with Crippen molar-refractivity contribution in [3.05, 3.63) is 36.0 Å². The van der Waals surface area contributed by atoms with Crippen LogP contribution in [0.4, 0.5) is 10.5 Å². The second kappa shape index (κ2) is 10.2. The van der Waals surface area contributed by atoms with Crippen molar-refractivity contribution in [2.75, 3.05) is 38.3 Å². The molecule has 10 nitrogen and oxygen atoms in total. The molecule has 3 atom stereocenters. The highest BCUT2D eigenvalue weighted by molar-refractivity contribution is 7.16. The number of ether oxygens (including phenoxy) is 2. The number of nitrogens with zero attached hydrogens (tertiary/aromatic N) is 3. The van der Waals surface area contributed by atoms with Gasteiger partial charge >= 0.3 is 12.0 Å². The Balaban J connectivity index is 1.91. The molecule has 3 heterocycles. The second-order valence-electron chi connectivity index (χ2n) is 8.70. The first-order valence-corrected chi connectivity index (χ1v) is 12.6. The number of rotatable bonds is 6. The summed E-state index contributed by atoms with van der Waals surface area (Å²) in [7, 11) is 1.53. The summed E-state index contributed by atoms with van der Waals surface area (Å²) in [6, 6.07) is 5.50. The topological polar surface area (TPSA) is 117 Å². The fourth-order valence-electron chi connectivity index (χ4n) is 4.82. The van der Waals surface area contributed by atoms with E-state index >= 15 is 0 Å². The van der Waals surface area contributed by atoms with Crippen LogP contribution in [-0.4, -0.2) is 62.0 Å². The highest BCUT2D eigenvalue weighted by Crippen LogP contribution is 2.46. The van der Waals surface area contributed by atoms with Gasteiger partial charge < -0.3 is 25.0 Å². The first kappa shape index (κ1) is 24.9. The predicted octanol–water partition coefficient (Wildman–Crippen LogP) is 2.83. The van der Waals surface area contributed by atoms with Gasteiger partial charge in [0.25, 0.3) is 0 Å². The lowest BCUT2D eigenvalue weighted by Gasteiger charge is -2.53. The molecule has 2 aromatic rings. The molecule has 188 valence electrons. The number of anilines is 1. The molecule has 3 unspecified atom stereocenters. The van der Waals surface area contributed by atoms with Gasteiger partial charge in [0.1, 0.15) is 0 Å². The number of urea groups is 1. The van der Waals surface area contributed by atoms with E-state index < -0.39 is 23.2 Å². The summed E-state index contributed by atoms with van der Waals surface area (Å²) in [4.78, 5) is 37.7. The summed E-state index contributed by atoms with van der Waals surface area (Å²) in [6.45, 7) is 7.29. The van der Waals surface area contributed by atoms with E-state index in [0.717, 1.165) is 15.9 Å². The number of nitrogens with one attached hydrogen (secondary N) is 3. The average molecular weight is 501 g/mol. The minimum atomic E-state index is -1.39. The zero-order valence-corrected chi connectivity index (χ0v) is 21.3. The predicted molar refractivity (Wildman–Crippen MR) is 136 cm³/mol. The summed E-state index contributed by atoms with van der Waals surface area (Å²) in [5.41, 5.74) is 2.47. The van der Waals surface area contributed by atoms with Gasteiger partial charge in [0.15, 0.2) is 0 Å². The first-order valence-electron chi connectivity index (χ1n) is 11.8. The Hall–Kier alpha value is -3.18. The van der Waals surface area contributed by atoms with Crippen LogP contribution in [-0.2, 0) is 14.3 Å². The van der Waals surface area contributed by atoms with Crippen LogP contribution in [0.2, 0.25) is 0 Å². The van der Waals surface area contributed by atoms with Crippen LogP contribution in [0.3, 0.4) is 0 Å². The lowest BCUT2D eigenvalue weighted by Crippen LogP contribution is -2.71. The van der Waals surface area contributed by atoms with E-state index in [4.69, 9.17) is 14.5 Å². The summed E-state index contributed by atoms with van der Waals surface area (Å²) in [5.74, 6) is -1.88. The molecule has 3 N–H and O–H groups in total. The quantitative estimate of drug-likeness (QED) is 0.522. The number of fused-ring (bicyclic) bond motifs is 1. The van der Waals surface area contributed by atoms with E-state index in [-0.39, 0.29) is 12.6 Å². The third kappa shape index (κ3) is 4.57. The van der Waals surface area contributed by atoms with Gasteiger partial charge in [0.2, 0.25) is 11.7 Å². The fourth-order valence-corrected chi connectivity index (χ4v) is 5.48. The van der Waals surface area contributed by atoms with E-state index in [1.165, 1.54) is 7.11 Å². The normalized spacial score (nSPS) is 26.2. The first-order chi connectivity index (χ1) is 16.9. The van der Waals surface area contributed by atoms with Gasteiger partial charge in [-0.2, -0.15) is 0 Å². The molecule has 35 heavy (non-hydrogen) atoms. The van der Waals surface area contributed by atoms with Crippen molar-refractivity contribution in [2.24, 2.45) is 16.3 Å². The van der Waals surface area contributed by atoms with E-state index in [2.05, 4.69) is 20.9 Å². The van der Waals surface area contributed by atoms with Crippen molar-refractivity contribution in [3.8, 4) is 0 Å². The maximum atomic E-state index is 13.4. The standard InChI is InChI=1S/C24H32N6O4S/c1-5-26-22(32)29-24(19-14-25-11-10-23(19,3)21(31)34-6-2)28-20(33-4)9-12-30(24)16-7-8-18-17(13-16)27-15-35-18/h7-9,12-13,15,19,25H,5-6,10-11,14H2,1-4H3,(H2,26,29,32). The summed E-state index contributed by atoms with van der Waals surface area (Å²) in [6.07, 6.45) is 4.09. The Labute approximate surface area is 208 Å². The fraction of sp³-hybridized carbons (Fsp3) is 0.500. The van der Waals surface area contributed by atoms with E-state index in [1.54, 1.807) is 29.8 Å². The molecule has 1 aromatic carbocycles. The number of hydrogen-bond acceptors (Lipinski definition) is 9. The van der Waals surface area contributed by atoms with E-state index in [9.17, 15) is 9.59 Å². The Morgan fingerprint density at radius 3 is 2.91 bits per heavy atom. The van der Waals surface area contributed by atoms with Crippen molar-refractivity contribution in [1.82, 2.24) is 20.9 Å². The number of thiazole rings is 1. The summed E-state index contributed by atoms with van der Waals surface area (Å²) < 4.78 is 12.1. The molecule has 1 aromatic heterocycles. The zero-order valence-electron chi connectivity index (χ0n) is 20.5. The molecule has 0 bridgehead atoms. The number of carbonyl (C=O) groups excluding carboxylic acids is 2. The third-order valence-electron chi connectivity index (χ3n) is 6.62. The van der Waals surface area contributed by atoms with Crippen molar-refractivity contribution >= 4 is 45.1 Å². The smallest absolute Gasteiger partial charge is 0.318 e. The third-order valence-corrected chi connectivity index (χ3v) is 7.43. The zero-order chi connectivity index (χ0) is 25.1. The maximum Gasteiger partial charge on any atom is 0.318 e. The number of esters is 1. The molecule has 2 aliphatic heterocycles. The van der Waals surface area contributed by atoms with Crippen molar-refractivity contribution < 1.29 is 19.1 Å². The van der Waals surface area contributed by atoms with Crippen molar-refractivity contribution in [2.45, 2.75) is 33.0 Å². The molecule has 2 amide bonds. The monoisotopic (exact) mass is 500 g/mol. The number of carbonyl (C=O) groups is 2. The number of aromatic nitrogens is 1. The minimum absolute atomic E-state index is 0.266. The minimum Gasteiger partial charge on any atom is -0.481 e. The van der Waals surface area contributed by atoms with Crippen LogP contribution in [0, 0.1) is 11.3 Å². The molecule has 0 spiro atoms. The largest absolute Gasteiger partial charge is 0.481 e. The Kier molecular flexibility index (Phi) is 7.27. The number of piperidine rings is 1. The van der Waals surface area contributed by atoms with Crippen LogP contribution in [0.15, 0.2) is 41.0 Å². The van der Waals surface area contributed by atoms with Crippen LogP contribution >= 0.6 is 11.3 Å². The Morgan fingerprint density at radius 2 is 2.17 bits per heavy atom. The van der Waals surface area contributed by atoms with Gasteiger partial charge in [-0.25, -0.2) is 14.8 Å². The van der Waals surface area contributed by atoms with Crippen LogP contribution in [0.25, 0.3) is 10.2 Å². The van der Waals surface area contributed by atoms with Crippen molar-refractivity contribution in [3.63, 3.8) is 0 Å². The van der Waals surface area contributed by atoms with E-state index in [0.29, 0.717) is 32.0 Å². The molecule has 0 radical (unpaired) electrons. The molecule has 0 aliphatic carbocycles. The van der Waals surface area contributed by atoms with Crippen LogP contribution in [0.1, 0.15) is 27.2 Å².